The Morgan fingerprint density at radius 3 is 1.33 bits per heavy atom. The lowest BCUT2D eigenvalue weighted by Crippen LogP contribution is -2.29. The summed E-state index contributed by atoms with van der Waals surface area (Å²) in [6.07, 6.45) is 43.3. The average Bonchev–Trinajstić information content (AvgIpc) is 3.10. The molecule has 9 heteroatoms. The van der Waals surface area contributed by atoms with Gasteiger partial charge in [-0.15, -0.1) is 0 Å². The van der Waals surface area contributed by atoms with Crippen LogP contribution in [0, 0.1) is 0 Å². The van der Waals surface area contributed by atoms with E-state index in [4.69, 9.17) is 19.3 Å². The molecule has 0 aliphatic heterocycles. The van der Waals surface area contributed by atoms with Crippen molar-refractivity contribution in [2.24, 2.45) is 0 Å². The fraction of sp³-hybridized carbons (Fsp3) is 0.857. The van der Waals surface area contributed by atoms with E-state index in [-0.39, 0.29) is 19.4 Å². The summed E-state index contributed by atoms with van der Waals surface area (Å²) >= 11 is 0. The Labute approximate surface area is 313 Å². The van der Waals surface area contributed by atoms with Gasteiger partial charge in [0.1, 0.15) is 6.61 Å². The molecule has 0 spiro atoms. The molecule has 0 saturated heterocycles. The van der Waals surface area contributed by atoms with Crippen LogP contribution < -0.4 is 0 Å². The zero-order valence-electron chi connectivity index (χ0n) is 33.0. The van der Waals surface area contributed by atoms with Gasteiger partial charge < -0.3 is 19.3 Å². The summed E-state index contributed by atoms with van der Waals surface area (Å²) in [4.78, 5) is 42.8. The third-order valence-electron chi connectivity index (χ3n) is 9.22. The van der Waals surface area contributed by atoms with E-state index in [1.54, 1.807) is 0 Å². The minimum Gasteiger partial charge on any atom is -0.462 e. The number of hydrogen-bond acceptors (Lipinski definition) is 6. The van der Waals surface area contributed by atoms with Gasteiger partial charge in [0.25, 0.3) is 0 Å². The van der Waals surface area contributed by atoms with Crippen LogP contribution in [-0.4, -0.2) is 41.0 Å². The van der Waals surface area contributed by atoms with Gasteiger partial charge in [-0.1, -0.05) is 179 Å². The van der Waals surface area contributed by atoms with Crippen LogP contribution in [0.4, 0.5) is 0 Å². The first kappa shape index (κ1) is 49.5. The van der Waals surface area contributed by atoms with Gasteiger partial charge in [-0.25, -0.2) is 4.57 Å². The highest BCUT2D eigenvalue weighted by Gasteiger charge is 2.22. The summed E-state index contributed by atoms with van der Waals surface area (Å²) in [7, 11) is -4.75. The molecule has 2 N–H and O–H groups in total. The molecular formula is C42H79O8P. The second-order valence-corrected chi connectivity index (χ2v) is 15.6. The molecule has 0 aromatic carbocycles. The van der Waals surface area contributed by atoms with Crippen LogP contribution in [0.5, 0.6) is 0 Å². The second kappa shape index (κ2) is 38.3. The normalized spacial score (nSPS) is 12.6. The van der Waals surface area contributed by atoms with Gasteiger partial charge in [0.05, 0.1) is 6.61 Å². The largest absolute Gasteiger partial charge is 0.469 e. The molecule has 0 unspecified atom stereocenters. The number of allylic oxidation sites excluding steroid dienone is 4. The maximum atomic E-state index is 12.4. The lowest BCUT2D eigenvalue weighted by Gasteiger charge is -2.18. The second-order valence-electron chi connectivity index (χ2n) is 14.3. The van der Waals surface area contributed by atoms with Gasteiger partial charge >= 0.3 is 19.8 Å². The Bertz CT molecular complexity index is 884. The predicted octanol–water partition coefficient (Wildman–Crippen LogP) is 12.8. The lowest BCUT2D eigenvalue weighted by molar-refractivity contribution is -0.161. The maximum Gasteiger partial charge on any atom is 0.469 e. The van der Waals surface area contributed by atoms with Crippen molar-refractivity contribution in [3.63, 3.8) is 0 Å². The molecule has 1 atom stereocenters. The predicted molar refractivity (Wildman–Crippen MR) is 212 cm³/mol. The maximum absolute atomic E-state index is 12.4. The van der Waals surface area contributed by atoms with Crippen LogP contribution in [0.1, 0.15) is 213 Å². The number of hydrogen-bond donors (Lipinski definition) is 2. The van der Waals surface area contributed by atoms with Crippen LogP contribution in [0.2, 0.25) is 0 Å². The molecule has 0 amide bonds. The molecule has 0 radical (unpaired) electrons. The number of unbranched alkanes of at least 4 members (excludes halogenated alkanes) is 25. The third kappa shape index (κ3) is 41.2. The molecule has 0 aromatic heterocycles. The van der Waals surface area contributed by atoms with Crippen LogP contribution in [-0.2, 0) is 28.2 Å². The number of rotatable bonds is 39. The monoisotopic (exact) mass is 743 g/mol. The van der Waals surface area contributed by atoms with E-state index in [1.165, 1.54) is 122 Å². The smallest absolute Gasteiger partial charge is 0.462 e. The highest BCUT2D eigenvalue weighted by molar-refractivity contribution is 7.46. The Morgan fingerprint density at radius 2 is 0.882 bits per heavy atom. The number of carbonyl (C=O) groups is 2. The van der Waals surface area contributed by atoms with Crippen molar-refractivity contribution >= 4 is 19.8 Å². The van der Waals surface area contributed by atoms with E-state index in [1.807, 2.05) is 0 Å². The SMILES string of the molecule is CCCCC/C=C\C/C=C\CCCCCCCC(=O)O[C@H](COC(=O)CCCCCCCCCCCCCCCCCCCC)COP(=O)(O)O. The summed E-state index contributed by atoms with van der Waals surface area (Å²) in [5.41, 5.74) is 0. The van der Waals surface area contributed by atoms with Gasteiger partial charge in [0.15, 0.2) is 6.10 Å². The van der Waals surface area contributed by atoms with Gasteiger partial charge in [-0.3, -0.25) is 14.1 Å². The van der Waals surface area contributed by atoms with Crippen molar-refractivity contribution in [3.8, 4) is 0 Å². The van der Waals surface area contributed by atoms with E-state index in [2.05, 4.69) is 42.7 Å². The van der Waals surface area contributed by atoms with Gasteiger partial charge in [-0.05, 0) is 44.9 Å². The van der Waals surface area contributed by atoms with Crippen molar-refractivity contribution < 1.29 is 37.9 Å². The molecule has 0 fully saturated rings. The van der Waals surface area contributed by atoms with Crippen LogP contribution in [0.15, 0.2) is 24.3 Å². The first-order valence-corrected chi connectivity index (χ1v) is 22.7. The number of phosphoric ester groups is 1. The molecule has 51 heavy (non-hydrogen) atoms. The van der Waals surface area contributed by atoms with E-state index < -0.39 is 32.5 Å². The molecule has 0 saturated carbocycles. The minimum atomic E-state index is -4.75. The summed E-state index contributed by atoms with van der Waals surface area (Å²) in [6, 6.07) is 0. The quantitative estimate of drug-likeness (QED) is 0.0276. The van der Waals surface area contributed by atoms with E-state index in [0.717, 1.165) is 57.8 Å². The molecule has 0 aliphatic carbocycles. The van der Waals surface area contributed by atoms with Crippen molar-refractivity contribution in [3.05, 3.63) is 24.3 Å². The van der Waals surface area contributed by atoms with E-state index in [0.29, 0.717) is 6.42 Å². The fourth-order valence-corrected chi connectivity index (χ4v) is 6.41. The summed E-state index contributed by atoms with van der Waals surface area (Å²) in [5.74, 6) is -0.892. The first-order valence-electron chi connectivity index (χ1n) is 21.1. The Kier molecular flexibility index (Phi) is 37.2. The van der Waals surface area contributed by atoms with Gasteiger partial charge in [0, 0.05) is 12.8 Å². The zero-order valence-corrected chi connectivity index (χ0v) is 33.9. The Hall–Kier alpha value is -1.47. The third-order valence-corrected chi connectivity index (χ3v) is 9.71. The number of carbonyl (C=O) groups excluding carboxylic acids is 2. The van der Waals surface area contributed by atoms with Gasteiger partial charge in [-0.2, -0.15) is 0 Å². The van der Waals surface area contributed by atoms with E-state index >= 15 is 0 Å². The van der Waals surface area contributed by atoms with Crippen molar-refractivity contribution in [2.75, 3.05) is 13.2 Å². The highest BCUT2D eigenvalue weighted by Crippen LogP contribution is 2.36. The molecule has 300 valence electrons. The number of ether oxygens (including phenoxy) is 2. The molecule has 0 aliphatic rings. The fourth-order valence-electron chi connectivity index (χ4n) is 6.05. The lowest BCUT2D eigenvalue weighted by atomic mass is 10.0. The molecular weight excluding hydrogens is 663 g/mol. The summed E-state index contributed by atoms with van der Waals surface area (Å²) < 4.78 is 26.4. The Morgan fingerprint density at radius 1 is 0.510 bits per heavy atom. The highest BCUT2D eigenvalue weighted by atomic mass is 31.2. The van der Waals surface area contributed by atoms with Crippen molar-refractivity contribution in [2.45, 2.75) is 219 Å². The average molecular weight is 743 g/mol. The molecule has 0 bridgehead atoms. The molecule has 0 aromatic rings. The van der Waals surface area contributed by atoms with Crippen LogP contribution in [0.25, 0.3) is 0 Å². The topological polar surface area (TPSA) is 119 Å². The first-order chi connectivity index (χ1) is 24.8. The molecule has 0 rings (SSSR count). The Balaban J connectivity index is 3.89. The van der Waals surface area contributed by atoms with Crippen LogP contribution >= 0.6 is 7.82 Å². The number of esters is 2. The molecule has 8 nitrogen and oxygen atoms in total. The van der Waals surface area contributed by atoms with Crippen molar-refractivity contribution in [1.29, 1.82) is 0 Å². The minimum absolute atomic E-state index is 0.199. The van der Waals surface area contributed by atoms with Gasteiger partial charge in [0.2, 0.25) is 0 Å². The standard InChI is InChI=1S/C42H79O8P/c1-3-5-7-9-11-13-15-17-19-20-21-23-24-26-28-30-32-34-36-41(43)48-38-40(39-49-51(45,46)47)50-42(44)37-35-33-31-29-27-25-22-18-16-14-12-10-8-6-4-2/h12,14,18,22,40H,3-11,13,15-17,19-21,23-39H2,1-2H3,(H2,45,46,47)/b14-12-,22-18-/t40-/m1/s1. The molecule has 0 heterocycles. The van der Waals surface area contributed by atoms with E-state index in [9.17, 15) is 14.2 Å². The van der Waals surface area contributed by atoms with Crippen molar-refractivity contribution in [1.82, 2.24) is 0 Å². The summed E-state index contributed by atoms with van der Waals surface area (Å²) in [5, 5.41) is 0. The van der Waals surface area contributed by atoms with Crippen LogP contribution in [0.3, 0.4) is 0 Å². The number of phosphoric acid groups is 1. The zero-order chi connectivity index (χ0) is 37.5. The summed E-state index contributed by atoms with van der Waals surface area (Å²) in [6.45, 7) is 3.67.